The van der Waals surface area contributed by atoms with Crippen LogP contribution in [0, 0.1) is 11.8 Å². The lowest BCUT2D eigenvalue weighted by atomic mass is 9.77. The van der Waals surface area contributed by atoms with E-state index in [1.54, 1.807) is 12.4 Å². The van der Waals surface area contributed by atoms with Gasteiger partial charge in [0.15, 0.2) is 0 Å². The van der Waals surface area contributed by atoms with Crippen molar-refractivity contribution in [3.8, 4) is 0 Å². The molecule has 4 aliphatic rings. The van der Waals surface area contributed by atoms with Crippen LogP contribution in [-0.4, -0.2) is 60.2 Å². The molecule has 33 heavy (non-hydrogen) atoms. The van der Waals surface area contributed by atoms with Crippen LogP contribution in [0.15, 0.2) is 17.3 Å². The highest BCUT2D eigenvalue weighted by Crippen LogP contribution is 2.46. The second-order valence-electron chi connectivity index (χ2n) is 10.1. The quantitative estimate of drug-likeness (QED) is 0.662. The van der Waals surface area contributed by atoms with Gasteiger partial charge in [0.1, 0.15) is 16.5 Å². The Balaban J connectivity index is 1.24. The number of hydrogen-bond donors (Lipinski definition) is 2. The Hall–Kier alpha value is -1.84. The fourth-order valence-electron chi connectivity index (χ4n) is 5.98. The Morgan fingerprint density at radius 1 is 1.15 bits per heavy atom. The summed E-state index contributed by atoms with van der Waals surface area (Å²) in [7, 11) is -1.09. The van der Waals surface area contributed by atoms with Gasteiger partial charge in [-0.05, 0) is 56.8 Å². The Morgan fingerprint density at radius 2 is 1.88 bits per heavy atom. The van der Waals surface area contributed by atoms with Crippen LogP contribution < -0.4 is 10.2 Å². The van der Waals surface area contributed by atoms with Crippen LogP contribution in [0.3, 0.4) is 0 Å². The van der Waals surface area contributed by atoms with E-state index in [1.165, 1.54) is 0 Å². The average Bonchev–Trinajstić information content (AvgIpc) is 3.36. The highest BCUT2D eigenvalue weighted by molar-refractivity contribution is 7.85. The number of aryl methyl sites for hydroxylation is 1. The molecule has 3 atom stereocenters. The predicted octanol–water partition coefficient (Wildman–Crippen LogP) is 2.93. The van der Waals surface area contributed by atoms with Gasteiger partial charge in [0, 0.05) is 37.2 Å². The number of anilines is 2. The van der Waals surface area contributed by atoms with Gasteiger partial charge in [-0.1, -0.05) is 11.6 Å². The summed E-state index contributed by atoms with van der Waals surface area (Å²) in [6.45, 7) is 1.90. The fraction of sp³-hybridized carbons (Fsp3) is 0.652. The lowest BCUT2D eigenvalue weighted by Gasteiger charge is -2.42. The number of rotatable bonds is 5. The molecule has 8 nitrogen and oxygen atoms in total. The van der Waals surface area contributed by atoms with Gasteiger partial charge >= 0.3 is 0 Å². The molecule has 0 aromatic carbocycles. The molecule has 3 fully saturated rings. The summed E-state index contributed by atoms with van der Waals surface area (Å²) in [6.07, 6.45) is 10.1. The summed E-state index contributed by atoms with van der Waals surface area (Å²) in [5.74, 6) is 4.46. The molecule has 2 aromatic heterocycles. The van der Waals surface area contributed by atoms with Crippen molar-refractivity contribution < 1.29 is 9.32 Å². The lowest BCUT2D eigenvalue weighted by molar-refractivity contribution is 0.143. The molecule has 6 rings (SSSR count). The molecule has 2 aliphatic carbocycles. The van der Waals surface area contributed by atoms with E-state index < -0.39 is 10.8 Å². The second-order valence-corrected chi connectivity index (χ2v) is 12.0. The molecule has 0 spiro atoms. The van der Waals surface area contributed by atoms with E-state index in [4.69, 9.17) is 21.6 Å². The van der Waals surface area contributed by atoms with Crippen molar-refractivity contribution in [3.05, 3.63) is 28.9 Å². The van der Waals surface area contributed by atoms with E-state index >= 15 is 0 Å². The van der Waals surface area contributed by atoms with E-state index in [-0.39, 0.29) is 12.1 Å². The van der Waals surface area contributed by atoms with Crippen molar-refractivity contribution in [3.63, 3.8) is 0 Å². The average molecular weight is 489 g/mol. The van der Waals surface area contributed by atoms with Crippen LogP contribution in [0.25, 0.3) is 0 Å². The predicted molar refractivity (Wildman–Crippen MR) is 127 cm³/mol. The molecule has 2 aliphatic heterocycles. The minimum Gasteiger partial charge on any atom is -0.394 e. The van der Waals surface area contributed by atoms with Gasteiger partial charge in [-0.2, -0.15) is 4.98 Å². The standard InChI is InChI=1S/C23H29ClN6O2S/c24-17-9-25-20(26-10-17)14-7-15-11-30(12-16(15)8-14)22-27-18-3-1-6-33(32)19(18)21(28-22)29-23(13-31)4-2-5-23/h9-10,14-16,31H,1-8,11-13H2,(H,27,28,29)/t14?,15?,16?,33-/m0/s1. The topological polar surface area (TPSA) is 104 Å². The number of nitrogens with zero attached hydrogens (tertiary/aromatic N) is 5. The molecule has 2 unspecified atom stereocenters. The zero-order chi connectivity index (χ0) is 22.6. The van der Waals surface area contributed by atoms with Gasteiger partial charge in [-0.3, -0.25) is 4.21 Å². The van der Waals surface area contributed by atoms with Crippen molar-refractivity contribution in [1.82, 2.24) is 19.9 Å². The maximum Gasteiger partial charge on any atom is 0.227 e. The summed E-state index contributed by atoms with van der Waals surface area (Å²) >= 11 is 5.95. The number of halogens is 1. The zero-order valence-corrected chi connectivity index (χ0v) is 20.1. The van der Waals surface area contributed by atoms with Crippen molar-refractivity contribution in [2.45, 2.75) is 61.3 Å². The van der Waals surface area contributed by atoms with E-state index in [1.807, 2.05) is 0 Å². The van der Waals surface area contributed by atoms with Gasteiger partial charge in [0.05, 0.1) is 33.7 Å². The monoisotopic (exact) mass is 488 g/mol. The Kier molecular flexibility index (Phi) is 5.54. The number of nitrogens with one attached hydrogen (secondary N) is 1. The van der Waals surface area contributed by atoms with Crippen LogP contribution in [0.2, 0.25) is 5.02 Å². The maximum absolute atomic E-state index is 12.9. The van der Waals surface area contributed by atoms with E-state index in [0.29, 0.717) is 34.3 Å². The highest BCUT2D eigenvalue weighted by Gasteiger charge is 2.44. The molecule has 10 heteroatoms. The largest absolute Gasteiger partial charge is 0.394 e. The second kappa shape index (κ2) is 8.43. The minimum absolute atomic E-state index is 0.0652. The molecule has 176 valence electrons. The molecule has 0 radical (unpaired) electrons. The third kappa shape index (κ3) is 3.91. The number of aliphatic hydroxyl groups excluding tert-OH is 1. The van der Waals surface area contributed by atoms with E-state index in [0.717, 1.165) is 80.4 Å². The number of aromatic nitrogens is 4. The molecule has 0 bridgehead atoms. The van der Waals surface area contributed by atoms with Crippen LogP contribution >= 0.6 is 11.6 Å². The molecule has 4 heterocycles. The summed E-state index contributed by atoms with van der Waals surface area (Å²) < 4.78 is 12.9. The van der Waals surface area contributed by atoms with Crippen LogP contribution in [0.1, 0.15) is 56.0 Å². The van der Waals surface area contributed by atoms with Crippen molar-refractivity contribution in [2.24, 2.45) is 11.8 Å². The van der Waals surface area contributed by atoms with Crippen molar-refractivity contribution >= 4 is 34.2 Å². The zero-order valence-electron chi connectivity index (χ0n) is 18.5. The summed E-state index contributed by atoms with van der Waals surface area (Å²) in [4.78, 5) is 21.8. The van der Waals surface area contributed by atoms with Gasteiger partial charge in [-0.25, -0.2) is 15.0 Å². The summed E-state index contributed by atoms with van der Waals surface area (Å²) in [6, 6.07) is 0. The number of aliphatic hydroxyl groups is 1. The van der Waals surface area contributed by atoms with Crippen molar-refractivity contribution in [1.29, 1.82) is 0 Å². The lowest BCUT2D eigenvalue weighted by Crippen LogP contribution is -2.49. The molecule has 2 N–H and O–H groups in total. The molecule has 2 saturated carbocycles. The van der Waals surface area contributed by atoms with Gasteiger partial charge < -0.3 is 15.3 Å². The SMILES string of the molecule is O=[S@]1CCCc2nc(N3CC4CC(c5ncc(Cl)cn5)CC4C3)nc(NC3(CO)CCC3)c21. The smallest absolute Gasteiger partial charge is 0.227 e. The van der Waals surface area contributed by atoms with E-state index in [9.17, 15) is 9.32 Å². The fourth-order valence-corrected chi connectivity index (χ4v) is 7.41. The Morgan fingerprint density at radius 3 is 2.52 bits per heavy atom. The van der Waals surface area contributed by atoms with E-state index in [2.05, 4.69) is 20.2 Å². The Bertz CT molecular complexity index is 1060. The number of hydrogen-bond acceptors (Lipinski definition) is 8. The first-order chi connectivity index (χ1) is 16.0. The van der Waals surface area contributed by atoms with Crippen LogP contribution in [0.5, 0.6) is 0 Å². The normalized spacial score (nSPS) is 29.9. The third-order valence-corrected chi connectivity index (χ3v) is 9.67. The first-order valence-electron chi connectivity index (χ1n) is 11.9. The summed E-state index contributed by atoms with van der Waals surface area (Å²) in [5, 5.41) is 14.1. The first-order valence-corrected chi connectivity index (χ1v) is 13.6. The highest BCUT2D eigenvalue weighted by atomic mass is 35.5. The van der Waals surface area contributed by atoms with Crippen LogP contribution in [-0.2, 0) is 17.2 Å². The molecular weight excluding hydrogens is 460 g/mol. The Labute approximate surface area is 201 Å². The van der Waals surface area contributed by atoms with Gasteiger partial charge in [-0.15, -0.1) is 0 Å². The number of fused-ring (bicyclic) bond motifs is 2. The van der Waals surface area contributed by atoms with Gasteiger partial charge in [0.25, 0.3) is 0 Å². The van der Waals surface area contributed by atoms with Crippen molar-refractivity contribution in [2.75, 3.05) is 35.7 Å². The van der Waals surface area contributed by atoms with Crippen LogP contribution in [0.4, 0.5) is 11.8 Å². The van der Waals surface area contributed by atoms with Gasteiger partial charge in [0.2, 0.25) is 5.95 Å². The first kappa shape index (κ1) is 21.7. The molecular formula is C23H29ClN6O2S. The molecule has 0 amide bonds. The third-order valence-electron chi connectivity index (χ3n) is 7.93. The molecule has 2 aromatic rings. The summed E-state index contributed by atoms with van der Waals surface area (Å²) in [5.41, 5.74) is 0.568. The maximum atomic E-state index is 12.9. The molecule has 1 saturated heterocycles. The minimum atomic E-state index is -1.09.